The zero-order chi connectivity index (χ0) is 7.98. The molecule has 0 fully saturated rings. The standard InChI is InChI=1S/C7H18N2O/c1-6(2)9-4-7(8)5-10-3/h6-7,9H,4-5,8H2,1-3H3. The van der Waals surface area contributed by atoms with Crippen LogP contribution in [0.3, 0.4) is 0 Å². The van der Waals surface area contributed by atoms with Crippen molar-refractivity contribution in [3.8, 4) is 0 Å². The molecule has 3 nitrogen and oxygen atoms in total. The van der Waals surface area contributed by atoms with Gasteiger partial charge in [0.25, 0.3) is 0 Å². The highest BCUT2D eigenvalue weighted by Gasteiger charge is 2.00. The lowest BCUT2D eigenvalue weighted by Crippen LogP contribution is -2.39. The van der Waals surface area contributed by atoms with E-state index in [0.717, 1.165) is 6.54 Å². The topological polar surface area (TPSA) is 47.3 Å². The first kappa shape index (κ1) is 9.88. The van der Waals surface area contributed by atoms with Gasteiger partial charge >= 0.3 is 0 Å². The first-order valence-corrected chi connectivity index (χ1v) is 3.64. The van der Waals surface area contributed by atoms with Crippen LogP contribution in [0, 0.1) is 0 Å². The molecule has 10 heavy (non-hydrogen) atoms. The second-order valence-corrected chi connectivity index (χ2v) is 2.78. The molecule has 0 aromatic rings. The summed E-state index contributed by atoms with van der Waals surface area (Å²) in [6.45, 7) is 5.64. The van der Waals surface area contributed by atoms with Crippen LogP contribution in [0.15, 0.2) is 0 Å². The molecule has 3 N–H and O–H groups in total. The largest absolute Gasteiger partial charge is 0.383 e. The lowest BCUT2D eigenvalue weighted by molar-refractivity contribution is 0.178. The van der Waals surface area contributed by atoms with Gasteiger partial charge in [0.05, 0.1) is 6.61 Å². The SMILES string of the molecule is COCC(N)CNC(C)C. The number of hydrogen-bond acceptors (Lipinski definition) is 3. The second kappa shape index (κ2) is 5.65. The summed E-state index contributed by atoms with van der Waals surface area (Å²) in [4.78, 5) is 0. The van der Waals surface area contributed by atoms with Crippen molar-refractivity contribution in [2.45, 2.75) is 25.9 Å². The van der Waals surface area contributed by atoms with Gasteiger partial charge in [-0.25, -0.2) is 0 Å². The molecule has 0 bridgehead atoms. The van der Waals surface area contributed by atoms with E-state index in [1.54, 1.807) is 7.11 Å². The van der Waals surface area contributed by atoms with Gasteiger partial charge in [-0.3, -0.25) is 0 Å². The van der Waals surface area contributed by atoms with E-state index in [4.69, 9.17) is 10.5 Å². The molecule has 0 amide bonds. The van der Waals surface area contributed by atoms with Crippen LogP contribution in [0.4, 0.5) is 0 Å². The minimum absolute atomic E-state index is 0.118. The Labute approximate surface area is 62.9 Å². The lowest BCUT2D eigenvalue weighted by Gasteiger charge is -2.13. The van der Waals surface area contributed by atoms with Crippen LogP contribution < -0.4 is 11.1 Å². The van der Waals surface area contributed by atoms with Crippen molar-refractivity contribution >= 4 is 0 Å². The monoisotopic (exact) mass is 146 g/mol. The Balaban J connectivity index is 3.12. The molecular weight excluding hydrogens is 128 g/mol. The van der Waals surface area contributed by atoms with Crippen LogP contribution >= 0.6 is 0 Å². The Morgan fingerprint density at radius 1 is 1.50 bits per heavy atom. The maximum Gasteiger partial charge on any atom is 0.0626 e. The van der Waals surface area contributed by atoms with E-state index in [1.165, 1.54) is 0 Å². The average molecular weight is 146 g/mol. The van der Waals surface area contributed by atoms with Gasteiger partial charge in [-0.15, -0.1) is 0 Å². The Hall–Kier alpha value is -0.120. The molecule has 0 aliphatic carbocycles. The summed E-state index contributed by atoms with van der Waals surface area (Å²) >= 11 is 0. The highest BCUT2D eigenvalue weighted by molar-refractivity contribution is 4.64. The fourth-order valence-electron chi connectivity index (χ4n) is 0.660. The number of rotatable bonds is 5. The van der Waals surface area contributed by atoms with E-state index in [9.17, 15) is 0 Å². The summed E-state index contributed by atoms with van der Waals surface area (Å²) in [5.41, 5.74) is 5.64. The Kier molecular flexibility index (Phi) is 5.58. The van der Waals surface area contributed by atoms with Gasteiger partial charge in [0, 0.05) is 25.7 Å². The van der Waals surface area contributed by atoms with E-state index in [2.05, 4.69) is 19.2 Å². The van der Waals surface area contributed by atoms with Crippen molar-refractivity contribution in [3.63, 3.8) is 0 Å². The summed E-state index contributed by atoms with van der Waals surface area (Å²) in [7, 11) is 1.66. The minimum Gasteiger partial charge on any atom is -0.383 e. The molecule has 0 saturated carbocycles. The van der Waals surface area contributed by atoms with E-state index < -0.39 is 0 Å². The van der Waals surface area contributed by atoms with Gasteiger partial charge < -0.3 is 15.8 Å². The summed E-state index contributed by atoms with van der Waals surface area (Å²) < 4.78 is 4.87. The quantitative estimate of drug-likeness (QED) is 0.572. The van der Waals surface area contributed by atoms with Gasteiger partial charge in [0.15, 0.2) is 0 Å². The van der Waals surface area contributed by atoms with E-state index in [1.807, 2.05) is 0 Å². The van der Waals surface area contributed by atoms with Crippen molar-refractivity contribution in [1.29, 1.82) is 0 Å². The highest BCUT2D eigenvalue weighted by atomic mass is 16.5. The van der Waals surface area contributed by atoms with Gasteiger partial charge in [-0.1, -0.05) is 13.8 Å². The predicted octanol–water partition coefficient (Wildman–Crippen LogP) is -0.0419. The molecule has 0 aromatic heterocycles. The first-order valence-electron chi connectivity index (χ1n) is 3.64. The minimum atomic E-state index is 0.118. The van der Waals surface area contributed by atoms with Crippen LogP contribution in [-0.2, 0) is 4.74 Å². The van der Waals surface area contributed by atoms with E-state index in [0.29, 0.717) is 12.6 Å². The normalized spacial score (nSPS) is 14.1. The molecule has 1 unspecified atom stereocenters. The van der Waals surface area contributed by atoms with Crippen molar-refractivity contribution in [2.75, 3.05) is 20.3 Å². The number of methoxy groups -OCH3 is 1. The van der Waals surface area contributed by atoms with Crippen molar-refractivity contribution < 1.29 is 4.74 Å². The van der Waals surface area contributed by atoms with Crippen LogP contribution in [0.5, 0.6) is 0 Å². The fourth-order valence-corrected chi connectivity index (χ4v) is 0.660. The van der Waals surface area contributed by atoms with Gasteiger partial charge in [-0.2, -0.15) is 0 Å². The number of nitrogens with one attached hydrogen (secondary N) is 1. The third-order valence-electron chi connectivity index (χ3n) is 1.17. The predicted molar refractivity (Wildman–Crippen MR) is 43.0 cm³/mol. The Bertz CT molecular complexity index is 76.0. The summed E-state index contributed by atoms with van der Waals surface area (Å²) in [6, 6.07) is 0.621. The summed E-state index contributed by atoms with van der Waals surface area (Å²) in [6.07, 6.45) is 0. The molecule has 0 aromatic carbocycles. The number of hydrogen-bond donors (Lipinski definition) is 2. The lowest BCUT2D eigenvalue weighted by atomic mass is 10.3. The average Bonchev–Trinajstić information content (AvgIpc) is 1.85. The van der Waals surface area contributed by atoms with E-state index in [-0.39, 0.29) is 6.04 Å². The van der Waals surface area contributed by atoms with E-state index >= 15 is 0 Å². The second-order valence-electron chi connectivity index (χ2n) is 2.78. The molecule has 0 aliphatic heterocycles. The molecular formula is C7H18N2O. The van der Waals surface area contributed by atoms with Crippen LogP contribution in [0.25, 0.3) is 0 Å². The molecule has 0 radical (unpaired) electrons. The molecule has 0 aliphatic rings. The van der Waals surface area contributed by atoms with Gasteiger partial charge in [-0.05, 0) is 0 Å². The first-order chi connectivity index (χ1) is 4.66. The number of nitrogens with two attached hydrogens (primary N) is 1. The Morgan fingerprint density at radius 2 is 2.10 bits per heavy atom. The third kappa shape index (κ3) is 6.01. The molecule has 0 rings (SSSR count). The number of ether oxygens (including phenoxy) is 1. The van der Waals surface area contributed by atoms with Gasteiger partial charge in [0.1, 0.15) is 0 Å². The molecule has 62 valence electrons. The third-order valence-corrected chi connectivity index (χ3v) is 1.17. The van der Waals surface area contributed by atoms with Crippen molar-refractivity contribution in [1.82, 2.24) is 5.32 Å². The zero-order valence-corrected chi connectivity index (χ0v) is 7.05. The molecule has 0 heterocycles. The maximum absolute atomic E-state index is 5.64. The molecule has 0 spiro atoms. The maximum atomic E-state index is 5.64. The van der Waals surface area contributed by atoms with Crippen molar-refractivity contribution in [2.24, 2.45) is 5.73 Å². The summed E-state index contributed by atoms with van der Waals surface area (Å²) in [5, 5.41) is 3.23. The molecule has 1 atom stereocenters. The van der Waals surface area contributed by atoms with Gasteiger partial charge in [0.2, 0.25) is 0 Å². The molecule has 3 heteroatoms. The van der Waals surface area contributed by atoms with Crippen LogP contribution in [-0.4, -0.2) is 32.3 Å². The highest BCUT2D eigenvalue weighted by Crippen LogP contribution is 1.80. The fraction of sp³-hybridized carbons (Fsp3) is 1.00. The summed E-state index contributed by atoms with van der Waals surface area (Å²) in [5.74, 6) is 0. The Morgan fingerprint density at radius 3 is 2.50 bits per heavy atom. The zero-order valence-electron chi connectivity index (χ0n) is 7.05. The van der Waals surface area contributed by atoms with Crippen LogP contribution in [0.1, 0.15) is 13.8 Å². The molecule has 0 saturated heterocycles. The smallest absolute Gasteiger partial charge is 0.0626 e. The van der Waals surface area contributed by atoms with Crippen LogP contribution in [0.2, 0.25) is 0 Å². The van der Waals surface area contributed by atoms with Crippen molar-refractivity contribution in [3.05, 3.63) is 0 Å².